The van der Waals surface area contributed by atoms with Crippen molar-refractivity contribution >= 4 is 5.69 Å². The number of phenolic OH excluding ortho intramolecular Hbond substituents is 1. The average molecular weight is 538 g/mol. The quantitative estimate of drug-likeness (QED) is 0.245. The van der Waals surface area contributed by atoms with E-state index in [1.54, 1.807) is 25.1 Å². The maximum atomic E-state index is 15.1. The number of benzene rings is 2. The predicted octanol–water partition coefficient (Wildman–Crippen LogP) is 5.56. The van der Waals surface area contributed by atoms with E-state index < -0.39 is 17.5 Å². The molecule has 0 aliphatic heterocycles. The van der Waals surface area contributed by atoms with Gasteiger partial charge < -0.3 is 10.4 Å². The second-order valence-corrected chi connectivity index (χ2v) is 10.7. The van der Waals surface area contributed by atoms with Crippen molar-refractivity contribution in [1.29, 1.82) is 0 Å². The first-order valence-electron chi connectivity index (χ1n) is 13.1. The number of nitrogens with zero attached hydrogens (tertiary/aromatic N) is 4. The third-order valence-electron chi connectivity index (χ3n) is 7.87. The highest BCUT2D eigenvalue weighted by Gasteiger charge is 2.39. The number of halogens is 2. The Labute approximate surface area is 224 Å². The lowest BCUT2D eigenvalue weighted by molar-refractivity contribution is 0.0000236. The van der Waals surface area contributed by atoms with Crippen LogP contribution in [0, 0.1) is 20.8 Å². The molecule has 11 heteroatoms. The number of H-pyrrole nitrogens is 2. The molecule has 1 fully saturated rings. The van der Waals surface area contributed by atoms with Crippen molar-refractivity contribution in [3.05, 3.63) is 80.5 Å². The molecule has 9 nitrogen and oxygen atoms in total. The minimum Gasteiger partial charge on any atom is -0.507 e. The first kappa shape index (κ1) is 26.6. The largest absolute Gasteiger partial charge is 0.507 e. The number of rotatable bonds is 7. The van der Waals surface area contributed by atoms with E-state index in [1.165, 1.54) is 10.7 Å². The standard InChI is InChI=1S/C28H33F2N7O2/c1-15-11-12-20(13-16(15)2)37-27(39)23(17(3)34-37)31-25(28(4,29)30)22-10-6-9-21(24(22)38)18-7-5-8-19(14-18)26-32-35-36-33-26/h6,9-13,18-19,25,31,34,38H,5,7-8,14H2,1-4H3,(H,32,33,35,36). The van der Waals surface area contributed by atoms with Gasteiger partial charge in [0.25, 0.3) is 11.5 Å². The summed E-state index contributed by atoms with van der Waals surface area (Å²) in [6, 6.07) is 8.88. The lowest BCUT2D eigenvalue weighted by Crippen LogP contribution is -2.31. The monoisotopic (exact) mass is 537 g/mol. The van der Waals surface area contributed by atoms with E-state index in [2.05, 4.69) is 31.0 Å². The Hall–Kier alpha value is -4.02. The molecule has 2 aromatic heterocycles. The number of aromatic amines is 2. The first-order valence-corrected chi connectivity index (χ1v) is 13.1. The van der Waals surface area contributed by atoms with Crippen LogP contribution in [-0.2, 0) is 0 Å². The number of nitrogens with one attached hydrogen (secondary N) is 3. The van der Waals surface area contributed by atoms with Gasteiger partial charge in [-0.2, -0.15) is 5.21 Å². The molecule has 0 amide bonds. The first-order chi connectivity index (χ1) is 18.5. The molecule has 0 bridgehead atoms. The average Bonchev–Trinajstić information content (AvgIpc) is 3.53. The third kappa shape index (κ3) is 5.17. The fourth-order valence-electron chi connectivity index (χ4n) is 5.58. The number of tetrazole rings is 1. The van der Waals surface area contributed by atoms with Gasteiger partial charge in [0.15, 0.2) is 5.82 Å². The summed E-state index contributed by atoms with van der Waals surface area (Å²) in [5.41, 5.74) is 3.31. The molecule has 0 spiro atoms. The fourth-order valence-corrected chi connectivity index (χ4v) is 5.58. The minimum atomic E-state index is -3.29. The van der Waals surface area contributed by atoms with Crippen LogP contribution in [0.4, 0.5) is 14.5 Å². The Morgan fingerprint density at radius 2 is 1.90 bits per heavy atom. The summed E-state index contributed by atoms with van der Waals surface area (Å²) in [6.45, 7) is 6.36. The molecule has 4 aromatic rings. The molecular weight excluding hydrogens is 504 g/mol. The minimum absolute atomic E-state index is 0.0272. The van der Waals surface area contributed by atoms with Crippen LogP contribution in [-0.4, -0.2) is 41.4 Å². The van der Waals surface area contributed by atoms with Crippen LogP contribution >= 0.6 is 0 Å². The normalized spacial score (nSPS) is 18.7. The van der Waals surface area contributed by atoms with Crippen LogP contribution in [0.5, 0.6) is 5.75 Å². The van der Waals surface area contributed by atoms with Crippen molar-refractivity contribution < 1.29 is 13.9 Å². The van der Waals surface area contributed by atoms with Crippen LogP contribution in [0.25, 0.3) is 5.69 Å². The van der Waals surface area contributed by atoms with Gasteiger partial charge in [0, 0.05) is 18.4 Å². The number of aromatic nitrogens is 6. The molecule has 3 atom stereocenters. The summed E-state index contributed by atoms with van der Waals surface area (Å²) in [6.07, 6.45) is 3.27. The summed E-state index contributed by atoms with van der Waals surface area (Å²) in [7, 11) is 0. The Balaban J connectivity index is 1.48. The van der Waals surface area contributed by atoms with Crippen molar-refractivity contribution in [2.24, 2.45) is 0 Å². The zero-order valence-corrected chi connectivity index (χ0v) is 22.4. The summed E-state index contributed by atoms with van der Waals surface area (Å²) in [5, 5.41) is 31.5. The Morgan fingerprint density at radius 1 is 1.13 bits per heavy atom. The summed E-state index contributed by atoms with van der Waals surface area (Å²) >= 11 is 0. The van der Waals surface area contributed by atoms with E-state index in [0.29, 0.717) is 29.2 Å². The Morgan fingerprint density at radius 3 is 2.59 bits per heavy atom. The molecule has 0 saturated heterocycles. The molecule has 3 unspecified atom stereocenters. The van der Waals surface area contributed by atoms with Crippen LogP contribution in [0.1, 0.15) is 84.3 Å². The molecule has 1 aliphatic carbocycles. The number of aryl methyl sites for hydroxylation is 3. The van der Waals surface area contributed by atoms with Crippen LogP contribution in [0.15, 0.2) is 41.2 Å². The van der Waals surface area contributed by atoms with E-state index >= 15 is 8.78 Å². The predicted molar refractivity (Wildman–Crippen MR) is 144 cm³/mol. The van der Waals surface area contributed by atoms with Gasteiger partial charge in [-0.1, -0.05) is 35.9 Å². The van der Waals surface area contributed by atoms with Crippen molar-refractivity contribution in [2.45, 2.75) is 77.2 Å². The SMILES string of the molecule is Cc1ccc(-n2[nH]c(C)c(NC(c3cccc(C4CCCC(c5nn[nH]n5)C4)c3O)C(C)(F)F)c2=O)cc1C. The molecule has 2 heterocycles. The van der Waals surface area contributed by atoms with Crippen molar-refractivity contribution in [2.75, 3.05) is 5.32 Å². The fraction of sp³-hybridized carbons (Fsp3) is 0.429. The highest BCUT2D eigenvalue weighted by Crippen LogP contribution is 2.46. The number of anilines is 1. The highest BCUT2D eigenvalue weighted by atomic mass is 19.3. The molecule has 2 aromatic carbocycles. The third-order valence-corrected chi connectivity index (χ3v) is 7.87. The molecule has 206 valence electrons. The number of hydrogen-bond acceptors (Lipinski definition) is 6. The van der Waals surface area contributed by atoms with Crippen LogP contribution in [0.2, 0.25) is 0 Å². The van der Waals surface area contributed by atoms with Gasteiger partial charge >= 0.3 is 0 Å². The van der Waals surface area contributed by atoms with E-state index in [-0.39, 0.29) is 28.8 Å². The van der Waals surface area contributed by atoms with Crippen molar-refractivity contribution in [3.8, 4) is 11.4 Å². The zero-order valence-electron chi connectivity index (χ0n) is 22.4. The van der Waals surface area contributed by atoms with E-state index in [4.69, 9.17) is 0 Å². The second-order valence-electron chi connectivity index (χ2n) is 10.7. The summed E-state index contributed by atoms with van der Waals surface area (Å²) < 4.78 is 31.6. The number of phenols is 1. The van der Waals surface area contributed by atoms with E-state index in [0.717, 1.165) is 37.3 Å². The highest BCUT2D eigenvalue weighted by molar-refractivity contribution is 5.54. The van der Waals surface area contributed by atoms with E-state index in [9.17, 15) is 9.90 Å². The van der Waals surface area contributed by atoms with Crippen molar-refractivity contribution in [1.82, 2.24) is 30.4 Å². The smallest absolute Gasteiger partial charge is 0.294 e. The molecule has 1 aliphatic rings. The van der Waals surface area contributed by atoms with Gasteiger partial charge in [0.2, 0.25) is 0 Å². The number of aromatic hydroxyl groups is 1. The second kappa shape index (κ2) is 10.3. The Bertz CT molecular complexity index is 1520. The van der Waals surface area contributed by atoms with Gasteiger partial charge in [-0.25, -0.2) is 13.5 Å². The molecule has 5 rings (SSSR count). The number of alkyl halides is 2. The number of para-hydroxylation sites is 1. The summed E-state index contributed by atoms with van der Waals surface area (Å²) in [5.74, 6) is -2.84. The molecule has 4 N–H and O–H groups in total. The lowest BCUT2D eigenvalue weighted by atomic mass is 9.76. The lowest BCUT2D eigenvalue weighted by Gasteiger charge is -2.31. The van der Waals surface area contributed by atoms with Gasteiger partial charge in [-0.15, -0.1) is 10.2 Å². The van der Waals surface area contributed by atoms with Gasteiger partial charge in [0.1, 0.15) is 17.5 Å². The van der Waals surface area contributed by atoms with Gasteiger partial charge in [-0.3, -0.25) is 9.89 Å². The number of hydrogen-bond donors (Lipinski definition) is 4. The molecule has 39 heavy (non-hydrogen) atoms. The summed E-state index contributed by atoms with van der Waals surface area (Å²) in [4.78, 5) is 13.4. The van der Waals surface area contributed by atoms with Gasteiger partial charge in [0.05, 0.1) is 11.4 Å². The zero-order chi connectivity index (χ0) is 27.9. The molecule has 0 radical (unpaired) electrons. The topological polar surface area (TPSA) is 125 Å². The van der Waals surface area contributed by atoms with Crippen LogP contribution in [0.3, 0.4) is 0 Å². The Kier molecular flexibility index (Phi) is 7.00. The maximum Gasteiger partial charge on any atom is 0.294 e. The van der Waals surface area contributed by atoms with Crippen molar-refractivity contribution in [3.63, 3.8) is 0 Å². The molecule has 1 saturated carbocycles. The molecular formula is C28H33F2N7O2. The van der Waals surface area contributed by atoms with E-state index in [1.807, 2.05) is 26.0 Å². The van der Waals surface area contributed by atoms with Crippen LogP contribution < -0.4 is 10.9 Å². The van der Waals surface area contributed by atoms with Gasteiger partial charge in [-0.05, 0) is 74.8 Å². The maximum absolute atomic E-state index is 15.1.